The first kappa shape index (κ1) is 17.6. The molecule has 0 aromatic carbocycles. The molecule has 112 valence electrons. The van der Waals surface area contributed by atoms with Crippen LogP contribution < -0.4 is 10.6 Å². The van der Waals surface area contributed by atoms with E-state index in [2.05, 4.69) is 20.1 Å². The molecule has 2 N–H and O–H groups in total. The van der Waals surface area contributed by atoms with Crippen molar-refractivity contribution in [3.05, 3.63) is 12.2 Å². The maximum absolute atomic E-state index is 11.2. The number of hydrogen-bond acceptors (Lipinski definition) is 6. The fraction of sp³-hybridized carbons (Fsp3) is 0.500. The van der Waals surface area contributed by atoms with Gasteiger partial charge < -0.3 is 20.1 Å². The van der Waals surface area contributed by atoms with Crippen LogP contribution in [0.5, 0.6) is 0 Å². The van der Waals surface area contributed by atoms with Gasteiger partial charge in [0.1, 0.15) is 13.2 Å². The zero-order chi connectivity index (χ0) is 15.4. The van der Waals surface area contributed by atoms with Gasteiger partial charge >= 0.3 is 11.9 Å². The summed E-state index contributed by atoms with van der Waals surface area (Å²) >= 11 is 0. The standard InChI is InChI=1S/C12H18N2O6/c1-9(15)19-7-5-13-11(17)3-4-12(18)14-6-8-20-10(2)16/h3-4H,5-8H2,1-2H3,(H,13,17)(H,14,18). The van der Waals surface area contributed by atoms with Crippen molar-refractivity contribution in [2.24, 2.45) is 0 Å². The maximum Gasteiger partial charge on any atom is 0.302 e. The minimum atomic E-state index is -0.479. The van der Waals surface area contributed by atoms with Crippen molar-refractivity contribution in [2.45, 2.75) is 13.8 Å². The van der Waals surface area contributed by atoms with E-state index in [4.69, 9.17) is 0 Å². The average Bonchev–Trinajstić information content (AvgIpc) is 2.37. The van der Waals surface area contributed by atoms with Crippen molar-refractivity contribution < 1.29 is 28.7 Å². The fourth-order valence-corrected chi connectivity index (χ4v) is 1.01. The van der Waals surface area contributed by atoms with Crippen molar-refractivity contribution in [3.8, 4) is 0 Å². The number of carbonyl (C=O) groups is 4. The minimum absolute atomic E-state index is 0.0729. The molecule has 0 aliphatic carbocycles. The van der Waals surface area contributed by atoms with Gasteiger partial charge in [-0.1, -0.05) is 0 Å². The highest BCUT2D eigenvalue weighted by molar-refractivity contribution is 5.96. The van der Waals surface area contributed by atoms with Gasteiger partial charge in [0, 0.05) is 26.0 Å². The molecule has 0 saturated carbocycles. The molecule has 0 saturated heterocycles. The molecule has 0 radical (unpaired) electrons. The summed E-state index contributed by atoms with van der Waals surface area (Å²) < 4.78 is 9.21. The van der Waals surface area contributed by atoms with E-state index in [1.165, 1.54) is 13.8 Å². The lowest BCUT2D eigenvalue weighted by Gasteiger charge is -2.03. The van der Waals surface area contributed by atoms with Crippen LogP contribution >= 0.6 is 0 Å². The van der Waals surface area contributed by atoms with Gasteiger partial charge in [-0.2, -0.15) is 0 Å². The molecule has 0 rings (SSSR count). The molecule has 0 spiro atoms. The van der Waals surface area contributed by atoms with Crippen LogP contribution in [-0.4, -0.2) is 50.1 Å². The van der Waals surface area contributed by atoms with Crippen LogP contribution in [0.1, 0.15) is 13.8 Å². The quantitative estimate of drug-likeness (QED) is 0.333. The fourth-order valence-electron chi connectivity index (χ4n) is 1.01. The third-order valence-electron chi connectivity index (χ3n) is 1.80. The topological polar surface area (TPSA) is 111 Å². The summed E-state index contributed by atoms with van der Waals surface area (Å²) in [6.07, 6.45) is 2.10. The Morgan fingerprint density at radius 2 is 1.15 bits per heavy atom. The van der Waals surface area contributed by atoms with E-state index in [1.807, 2.05) is 0 Å². The van der Waals surface area contributed by atoms with Crippen LogP contribution in [0.4, 0.5) is 0 Å². The molecular formula is C12H18N2O6. The lowest BCUT2D eigenvalue weighted by atomic mass is 10.4. The Bertz CT molecular complexity index is 355. The second kappa shape index (κ2) is 10.5. The smallest absolute Gasteiger partial charge is 0.302 e. The third kappa shape index (κ3) is 12.1. The lowest BCUT2D eigenvalue weighted by Crippen LogP contribution is -2.28. The Balaban J connectivity index is 3.69. The predicted molar refractivity (Wildman–Crippen MR) is 68.4 cm³/mol. The monoisotopic (exact) mass is 286 g/mol. The van der Waals surface area contributed by atoms with Gasteiger partial charge in [0.2, 0.25) is 11.8 Å². The van der Waals surface area contributed by atoms with E-state index in [0.717, 1.165) is 12.2 Å². The van der Waals surface area contributed by atoms with E-state index in [1.54, 1.807) is 0 Å². The Morgan fingerprint density at radius 3 is 1.45 bits per heavy atom. The van der Waals surface area contributed by atoms with Crippen LogP contribution in [0.2, 0.25) is 0 Å². The number of esters is 2. The van der Waals surface area contributed by atoms with E-state index in [9.17, 15) is 19.2 Å². The van der Waals surface area contributed by atoms with E-state index >= 15 is 0 Å². The molecule has 0 aromatic heterocycles. The lowest BCUT2D eigenvalue weighted by molar-refractivity contribution is -0.141. The number of ether oxygens (including phenoxy) is 2. The van der Waals surface area contributed by atoms with Crippen LogP contribution in [0.3, 0.4) is 0 Å². The van der Waals surface area contributed by atoms with Gasteiger partial charge in [-0.15, -0.1) is 0 Å². The Hall–Kier alpha value is -2.38. The molecule has 0 fully saturated rings. The molecule has 8 heteroatoms. The highest BCUT2D eigenvalue weighted by Gasteiger charge is 1.99. The maximum atomic E-state index is 11.2. The molecule has 8 nitrogen and oxygen atoms in total. The molecule has 0 atom stereocenters. The van der Waals surface area contributed by atoms with Crippen LogP contribution in [0, 0.1) is 0 Å². The molecule has 0 aromatic rings. The van der Waals surface area contributed by atoms with Gasteiger partial charge in [0.05, 0.1) is 13.1 Å². The molecule has 0 aliphatic rings. The summed E-state index contributed by atoms with van der Waals surface area (Å²) in [5.74, 6) is -1.82. The number of amides is 2. The van der Waals surface area contributed by atoms with E-state index in [0.29, 0.717) is 0 Å². The third-order valence-corrected chi connectivity index (χ3v) is 1.80. The zero-order valence-electron chi connectivity index (χ0n) is 11.4. The first-order valence-electron chi connectivity index (χ1n) is 5.92. The Morgan fingerprint density at radius 1 is 0.800 bits per heavy atom. The number of carbonyl (C=O) groups excluding carboxylic acids is 4. The summed E-state index contributed by atoms with van der Waals surface area (Å²) in [6, 6.07) is 0. The molecule has 2 amide bonds. The van der Waals surface area contributed by atoms with Crippen molar-refractivity contribution in [2.75, 3.05) is 26.3 Å². The van der Waals surface area contributed by atoms with E-state index < -0.39 is 23.8 Å². The molecular weight excluding hydrogens is 268 g/mol. The molecule has 0 aliphatic heterocycles. The first-order valence-corrected chi connectivity index (χ1v) is 5.92. The minimum Gasteiger partial charge on any atom is -0.464 e. The SMILES string of the molecule is CC(=O)OCCNC(=O)C=CC(=O)NCCOC(C)=O. The highest BCUT2D eigenvalue weighted by atomic mass is 16.5. The van der Waals surface area contributed by atoms with Gasteiger partial charge in [-0.25, -0.2) is 0 Å². The highest BCUT2D eigenvalue weighted by Crippen LogP contribution is 1.79. The Labute approximate surface area is 116 Å². The molecule has 0 unspecified atom stereocenters. The van der Waals surface area contributed by atoms with Crippen molar-refractivity contribution >= 4 is 23.8 Å². The van der Waals surface area contributed by atoms with Crippen molar-refractivity contribution in [1.29, 1.82) is 0 Å². The van der Waals surface area contributed by atoms with Gasteiger partial charge in [0.25, 0.3) is 0 Å². The van der Waals surface area contributed by atoms with E-state index in [-0.39, 0.29) is 26.3 Å². The normalized spacial score (nSPS) is 9.90. The average molecular weight is 286 g/mol. The van der Waals surface area contributed by atoms with Gasteiger partial charge in [-0.3, -0.25) is 19.2 Å². The summed E-state index contributed by atoms with van der Waals surface area (Å²) in [7, 11) is 0. The number of hydrogen-bond donors (Lipinski definition) is 2. The molecule has 0 bridgehead atoms. The predicted octanol–water partition coefficient (Wildman–Crippen LogP) is -1.10. The van der Waals surface area contributed by atoms with Crippen LogP contribution in [-0.2, 0) is 28.7 Å². The summed E-state index contributed by atoms with van der Waals surface area (Å²) in [5, 5.41) is 4.85. The number of rotatable bonds is 8. The number of nitrogens with one attached hydrogen (secondary N) is 2. The summed E-state index contributed by atoms with van der Waals surface area (Å²) in [4.78, 5) is 43.3. The van der Waals surface area contributed by atoms with Gasteiger partial charge in [0.15, 0.2) is 0 Å². The second-order valence-electron chi connectivity index (χ2n) is 3.60. The zero-order valence-corrected chi connectivity index (χ0v) is 11.4. The first-order chi connectivity index (χ1) is 9.41. The summed E-state index contributed by atoms with van der Waals surface area (Å²) in [5.41, 5.74) is 0. The van der Waals surface area contributed by atoms with Crippen molar-refractivity contribution in [3.63, 3.8) is 0 Å². The van der Waals surface area contributed by atoms with Crippen LogP contribution in [0.15, 0.2) is 12.2 Å². The molecule has 20 heavy (non-hydrogen) atoms. The molecule has 0 heterocycles. The largest absolute Gasteiger partial charge is 0.464 e. The van der Waals surface area contributed by atoms with Crippen molar-refractivity contribution in [1.82, 2.24) is 10.6 Å². The summed E-state index contributed by atoms with van der Waals surface area (Å²) in [6.45, 7) is 3.00. The Kier molecular flexibility index (Phi) is 9.28. The second-order valence-corrected chi connectivity index (χ2v) is 3.60. The van der Waals surface area contributed by atoms with Crippen LogP contribution in [0.25, 0.3) is 0 Å². The van der Waals surface area contributed by atoms with Gasteiger partial charge in [-0.05, 0) is 0 Å².